The first-order chi connectivity index (χ1) is 6.85. The third kappa shape index (κ3) is 5.49. The molecule has 0 spiro atoms. The molecule has 1 saturated carbocycles. The summed E-state index contributed by atoms with van der Waals surface area (Å²) in [7, 11) is -3.13. The average molecular weight is 234 g/mol. The number of hydrogen-bond acceptors (Lipinski definition) is 3. The maximum Gasteiger partial charge on any atom is 0.213 e. The molecule has 0 unspecified atom stereocenters. The Bertz CT molecular complexity index is 295. The lowest BCUT2D eigenvalue weighted by atomic mass is 10.0. The molecule has 0 radical (unpaired) electrons. The molecule has 1 rings (SSSR count). The summed E-state index contributed by atoms with van der Waals surface area (Å²) >= 11 is 0. The second-order valence-electron chi connectivity index (χ2n) is 4.89. The average Bonchev–Trinajstić information content (AvgIpc) is 2.86. The molecular weight excluding hydrogens is 212 g/mol. The van der Waals surface area contributed by atoms with Crippen LogP contribution in [0.2, 0.25) is 0 Å². The maximum absolute atomic E-state index is 11.7. The molecule has 5 heteroatoms. The number of hydrogen-bond donors (Lipinski definition) is 2. The third-order valence-electron chi connectivity index (χ3n) is 2.70. The van der Waals surface area contributed by atoms with E-state index in [0.717, 1.165) is 6.42 Å². The first-order valence-electron chi connectivity index (χ1n) is 5.60. The van der Waals surface area contributed by atoms with E-state index in [9.17, 15) is 8.42 Å². The lowest BCUT2D eigenvalue weighted by molar-refractivity contribution is 0.439. The van der Waals surface area contributed by atoms with E-state index in [1.54, 1.807) is 0 Å². The van der Waals surface area contributed by atoms with Crippen molar-refractivity contribution in [1.29, 1.82) is 0 Å². The Morgan fingerprint density at radius 3 is 2.40 bits per heavy atom. The molecule has 1 aliphatic carbocycles. The number of sulfonamides is 1. The van der Waals surface area contributed by atoms with Gasteiger partial charge in [-0.1, -0.05) is 6.92 Å². The van der Waals surface area contributed by atoms with Crippen LogP contribution in [-0.4, -0.2) is 32.3 Å². The molecule has 90 valence electrons. The highest BCUT2D eigenvalue weighted by atomic mass is 32.2. The van der Waals surface area contributed by atoms with Gasteiger partial charge in [0.2, 0.25) is 10.0 Å². The van der Waals surface area contributed by atoms with E-state index in [1.807, 2.05) is 20.8 Å². The van der Waals surface area contributed by atoms with E-state index in [1.165, 1.54) is 12.8 Å². The largest absolute Gasteiger partial charge is 0.313 e. The van der Waals surface area contributed by atoms with Crippen molar-refractivity contribution < 1.29 is 8.42 Å². The molecule has 0 aliphatic heterocycles. The molecule has 0 heterocycles. The fourth-order valence-electron chi connectivity index (χ4n) is 1.23. The van der Waals surface area contributed by atoms with E-state index in [-0.39, 0.29) is 11.3 Å². The monoisotopic (exact) mass is 234 g/mol. The summed E-state index contributed by atoms with van der Waals surface area (Å²) in [5, 5.41) is 3.20. The van der Waals surface area contributed by atoms with Crippen molar-refractivity contribution in [2.75, 3.05) is 12.3 Å². The van der Waals surface area contributed by atoms with E-state index in [2.05, 4.69) is 10.0 Å². The minimum absolute atomic E-state index is 0.174. The normalized spacial score (nSPS) is 18.1. The van der Waals surface area contributed by atoms with E-state index < -0.39 is 10.0 Å². The summed E-state index contributed by atoms with van der Waals surface area (Å²) in [6, 6.07) is 0.569. The lowest BCUT2D eigenvalue weighted by Gasteiger charge is -2.24. The molecule has 4 nitrogen and oxygen atoms in total. The Morgan fingerprint density at radius 1 is 1.33 bits per heavy atom. The highest BCUT2D eigenvalue weighted by Gasteiger charge is 2.24. The Morgan fingerprint density at radius 2 is 1.93 bits per heavy atom. The van der Waals surface area contributed by atoms with Crippen LogP contribution < -0.4 is 10.0 Å². The van der Waals surface area contributed by atoms with Gasteiger partial charge < -0.3 is 5.32 Å². The molecule has 1 aliphatic rings. The Labute approximate surface area is 92.9 Å². The van der Waals surface area contributed by atoms with Crippen molar-refractivity contribution in [3.05, 3.63) is 0 Å². The SMILES string of the molecule is CCC(C)(C)NS(=O)(=O)CCNC1CC1. The summed E-state index contributed by atoms with van der Waals surface area (Å²) in [6.45, 7) is 6.34. The van der Waals surface area contributed by atoms with E-state index >= 15 is 0 Å². The first-order valence-corrected chi connectivity index (χ1v) is 7.25. The first kappa shape index (κ1) is 12.9. The van der Waals surface area contributed by atoms with Crippen LogP contribution in [0, 0.1) is 0 Å². The van der Waals surface area contributed by atoms with Crippen molar-refractivity contribution in [3.63, 3.8) is 0 Å². The molecular formula is C10H22N2O2S. The molecule has 2 N–H and O–H groups in total. The minimum Gasteiger partial charge on any atom is -0.313 e. The van der Waals surface area contributed by atoms with Gasteiger partial charge in [0.25, 0.3) is 0 Å². The molecule has 0 aromatic rings. The van der Waals surface area contributed by atoms with Gasteiger partial charge in [-0.25, -0.2) is 13.1 Å². The number of nitrogens with one attached hydrogen (secondary N) is 2. The highest BCUT2D eigenvalue weighted by Crippen LogP contribution is 2.18. The van der Waals surface area contributed by atoms with Gasteiger partial charge in [-0.15, -0.1) is 0 Å². The molecule has 0 saturated heterocycles. The fourth-order valence-corrected chi connectivity index (χ4v) is 2.70. The zero-order valence-corrected chi connectivity index (χ0v) is 10.7. The third-order valence-corrected chi connectivity index (χ3v) is 4.30. The van der Waals surface area contributed by atoms with Gasteiger partial charge >= 0.3 is 0 Å². The van der Waals surface area contributed by atoms with Gasteiger partial charge in [0.1, 0.15) is 0 Å². The van der Waals surface area contributed by atoms with Gasteiger partial charge in [0.15, 0.2) is 0 Å². The Hall–Kier alpha value is -0.130. The predicted octanol–water partition coefficient (Wildman–Crippen LogP) is 0.846. The van der Waals surface area contributed by atoms with Crippen LogP contribution in [0.25, 0.3) is 0 Å². The van der Waals surface area contributed by atoms with Crippen LogP contribution in [0.1, 0.15) is 40.0 Å². The fraction of sp³-hybridized carbons (Fsp3) is 1.00. The van der Waals surface area contributed by atoms with Crippen molar-refractivity contribution in [2.24, 2.45) is 0 Å². The molecule has 1 fully saturated rings. The van der Waals surface area contributed by atoms with Gasteiger partial charge in [0.05, 0.1) is 5.75 Å². The van der Waals surface area contributed by atoms with E-state index in [4.69, 9.17) is 0 Å². The Balaban J connectivity index is 2.30. The van der Waals surface area contributed by atoms with Crippen LogP contribution in [-0.2, 0) is 10.0 Å². The number of rotatable bonds is 7. The zero-order chi connectivity index (χ0) is 11.5. The predicted molar refractivity (Wildman–Crippen MR) is 62.3 cm³/mol. The summed E-state index contributed by atoms with van der Waals surface area (Å²) < 4.78 is 26.0. The second-order valence-corrected chi connectivity index (χ2v) is 6.73. The summed E-state index contributed by atoms with van der Waals surface area (Å²) in [5.41, 5.74) is -0.335. The van der Waals surface area contributed by atoms with Crippen molar-refractivity contribution in [2.45, 2.75) is 51.6 Å². The van der Waals surface area contributed by atoms with Crippen LogP contribution >= 0.6 is 0 Å². The Kier molecular flexibility index (Phi) is 4.14. The van der Waals surface area contributed by atoms with Crippen molar-refractivity contribution in [3.8, 4) is 0 Å². The molecule has 15 heavy (non-hydrogen) atoms. The van der Waals surface area contributed by atoms with Crippen LogP contribution in [0.5, 0.6) is 0 Å². The summed E-state index contributed by atoms with van der Waals surface area (Å²) in [6.07, 6.45) is 3.17. The van der Waals surface area contributed by atoms with Crippen LogP contribution in [0.4, 0.5) is 0 Å². The van der Waals surface area contributed by atoms with Gasteiger partial charge in [-0.05, 0) is 33.1 Å². The summed E-state index contributed by atoms with van der Waals surface area (Å²) in [4.78, 5) is 0. The van der Waals surface area contributed by atoms with Gasteiger partial charge in [0, 0.05) is 18.1 Å². The zero-order valence-electron chi connectivity index (χ0n) is 9.84. The minimum atomic E-state index is -3.13. The smallest absolute Gasteiger partial charge is 0.213 e. The molecule has 0 atom stereocenters. The van der Waals surface area contributed by atoms with Crippen molar-refractivity contribution >= 4 is 10.0 Å². The van der Waals surface area contributed by atoms with Crippen LogP contribution in [0.3, 0.4) is 0 Å². The van der Waals surface area contributed by atoms with Gasteiger partial charge in [-0.2, -0.15) is 0 Å². The molecule has 0 amide bonds. The highest BCUT2D eigenvalue weighted by molar-refractivity contribution is 7.89. The van der Waals surface area contributed by atoms with Gasteiger partial charge in [-0.3, -0.25) is 0 Å². The van der Waals surface area contributed by atoms with E-state index in [0.29, 0.717) is 12.6 Å². The van der Waals surface area contributed by atoms with Crippen LogP contribution in [0.15, 0.2) is 0 Å². The maximum atomic E-state index is 11.7. The molecule has 0 aromatic carbocycles. The van der Waals surface area contributed by atoms with Crippen molar-refractivity contribution in [1.82, 2.24) is 10.0 Å². The lowest BCUT2D eigenvalue weighted by Crippen LogP contribution is -2.45. The molecule has 0 bridgehead atoms. The molecule has 0 aromatic heterocycles. The topological polar surface area (TPSA) is 58.2 Å². The second kappa shape index (κ2) is 4.80. The standard InChI is InChI=1S/C10H22N2O2S/c1-4-10(2,3)12-15(13,14)8-7-11-9-5-6-9/h9,11-12H,4-8H2,1-3H3. The summed E-state index contributed by atoms with van der Waals surface area (Å²) in [5.74, 6) is 0.174. The quantitative estimate of drug-likeness (QED) is 0.686.